The molecule has 1 aliphatic heterocycles. The maximum absolute atomic E-state index is 11.9. The van der Waals surface area contributed by atoms with Crippen LogP contribution in [0.5, 0.6) is 0 Å². The van der Waals surface area contributed by atoms with Gasteiger partial charge in [-0.05, 0) is 51.8 Å². The van der Waals surface area contributed by atoms with Crippen molar-refractivity contribution < 1.29 is 9.90 Å². The lowest BCUT2D eigenvalue weighted by Gasteiger charge is -2.22. The molecule has 1 aliphatic rings. The van der Waals surface area contributed by atoms with E-state index in [1.165, 1.54) is 12.7 Å². The fourth-order valence-electron chi connectivity index (χ4n) is 2.71. The third-order valence-electron chi connectivity index (χ3n) is 3.90. The number of hydrogen-bond donors (Lipinski definition) is 2. The minimum atomic E-state index is -0.144. The number of amides is 1. The molecule has 0 saturated carbocycles. The minimum Gasteiger partial charge on any atom is -0.395 e. The zero-order valence-electron chi connectivity index (χ0n) is 12.6. The second-order valence-electron chi connectivity index (χ2n) is 5.52. The molecule has 6 nitrogen and oxygen atoms in total. The average molecular weight is 292 g/mol. The Morgan fingerprint density at radius 3 is 3.10 bits per heavy atom. The first kappa shape index (κ1) is 15.9. The molecule has 1 fully saturated rings. The highest BCUT2D eigenvalue weighted by Crippen LogP contribution is 2.16. The van der Waals surface area contributed by atoms with Crippen molar-refractivity contribution in [2.24, 2.45) is 0 Å². The van der Waals surface area contributed by atoms with Gasteiger partial charge in [-0.15, -0.1) is 0 Å². The fourth-order valence-corrected chi connectivity index (χ4v) is 2.71. The van der Waals surface area contributed by atoms with E-state index in [1.807, 2.05) is 6.92 Å². The van der Waals surface area contributed by atoms with Crippen molar-refractivity contribution in [3.8, 4) is 0 Å². The number of nitrogens with one attached hydrogen (secondary N) is 1. The number of aryl methyl sites for hydroxylation is 1. The van der Waals surface area contributed by atoms with Crippen LogP contribution >= 0.6 is 0 Å². The van der Waals surface area contributed by atoms with Gasteiger partial charge in [0.1, 0.15) is 12.0 Å². The molecule has 1 aromatic rings. The molecule has 0 bridgehead atoms. The zero-order valence-corrected chi connectivity index (χ0v) is 12.6. The van der Waals surface area contributed by atoms with Gasteiger partial charge in [0.15, 0.2) is 0 Å². The lowest BCUT2D eigenvalue weighted by atomic mass is 10.2. The number of nitrogens with zero attached hydrogens (tertiary/aromatic N) is 3. The summed E-state index contributed by atoms with van der Waals surface area (Å²) in [4.78, 5) is 22.2. The molecule has 21 heavy (non-hydrogen) atoms. The van der Waals surface area contributed by atoms with Crippen LogP contribution in [0.4, 0.5) is 0 Å². The maximum Gasteiger partial charge on any atom is 0.270 e. The number of aliphatic hydroxyl groups is 1. The van der Waals surface area contributed by atoms with E-state index in [4.69, 9.17) is 0 Å². The van der Waals surface area contributed by atoms with Crippen LogP contribution in [0.15, 0.2) is 12.4 Å². The van der Waals surface area contributed by atoms with Gasteiger partial charge in [-0.25, -0.2) is 9.97 Å². The monoisotopic (exact) mass is 292 g/mol. The van der Waals surface area contributed by atoms with Gasteiger partial charge in [-0.1, -0.05) is 0 Å². The molecule has 1 aromatic heterocycles. The number of carbonyl (C=O) groups excluding carboxylic acids is 1. The lowest BCUT2D eigenvalue weighted by Crippen LogP contribution is -2.33. The molecule has 0 aliphatic carbocycles. The van der Waals surface area contributed by atoms with Crippen LogP contribution in [-0.4, -0.2) is 58.2 Å². The summed E-state index contributed by atoms with van der Waals surface area (Å²) in [6, 6.07) is 2.02. The standard InChI is InChI=1S/C15H24N4O2/c1-12-9-14(18-11-17-12)15(21)16-6-2-3-7-19-8-4-5-13(19)10-20/h9,11,13,20H,2-8,10H2,1H3,(H,16,21). The van der Waals surface area contributed by atoms with Crippen LogP contribution < -0.4 is 5.32 Å². The van der Waals surface area contributed by atoms with Crippen LogP contribution in [-0.2, 0) is 0 Å². The van der Waals surface area contributed by atoms with Crippen LogP contribution in [0.2, 0.25) is 0 Å². The van der Waals surface area contributed by atoms with E-state index in [0.717, 1.165) is 38.0 Å². The molecule has 1 amide bonds. The molecule has 2 heterocycles. The van der Waals surface area contributed by atoms with Gasteiger partial charge in [0.25, 0.3) is 5.91 Å². The van der Waals surface area contributed by atoms with Crippen LogP contribution in [0, 0.1) is 6.92 Å². The van der Waals surface area contributed by atoms with E-state index in [1.54, 1.807) is 6.07 Å². The predicted molar refractivity (Wildman–Crippen MR) is 80.0 cm³/mol. The minimum absolute atomic E-state index is 0.144. The van der Waals surface area contributed by atoms with Crippen molar-refractivity contribution in [1.82, 2.24) is 20.2 Å². The highest BCUT2D eigenvalue weighted by atomic mass is 16.3. The Morgan fingerprint density at radius 2 is 2.33 bits per heavy atom. The molecule has 6 heteroatoms. The molecule has 0 radical (unpaired) electrons. The fraction of sp³-hybridized carbons (Fsp3) is 0.667. The smallest absolute Gasteiger partial charge is 0.270 e. The number of aliphatic hydroxyl groups excluding tert-OH is 1. The van der Waals surface area contributed by atoms with Crippen molar-refractivity contribution in [3.05, 3.63) is 23.8 Å². The normalized spacial score (nSPS) is 18.9. The van der Waals surface area contributed by atoms with Crippen LogP contribution in [0.1, 0.15) is 41.9 Å². The summed E-state index contributed by atoms with van der Waals surface area (Å²) < 4.78 is 0. The summed E-state index contributed by atoms with van der Waals surface area (Å²) in [6.07, 6.45) is 5.64. The van der Waals surface area contributed by atoms with E-state index < -0.39 is 0 Å². The number of likely N-dealkylation sites (tertiary alicyclic amines) is 1. The Balaban J connectivity index is 1.62. The summed E-state index contributed by atoms with van der Waals surface area (Å²) in [5.74, 6) is -0.144. The van der Waals surface area contributed by atoms with Crippen molar-refractivity contribution in [3.63, 3.8) is 0 Å². The van der Waals surface area contributed by atoms with E-state index >= 15 is 0 Å². The summed E-state index contributed by atoms with van der Waals surface area (Å²) in [5, 5.41) is 12.1. The van der Waals surface area contributed by atoms with Gasteiger partial charge in [0.05, 0.1) is 6.61 Å². The van der Waals surface area contributed by atoms with E-state index in [9.17, 15) is 9.90 Å². The molecule has 0 spiro atoms. The first-order chi connectivity index (χ1) is 10.2. The highest BCUT2D eigenvalue weighted by Gasteiger charge is 2.22. The molecule has 0 aromatic carbocycles. The first-order valence-corrected chi connectivity index (χ1v) is 7.62. The third kappa shape index (κ3) is 4.75. The van der Waals surface area contributed by atoms with E-state index in [2.05, 4.69) is 20.2 Å². The number of aromatic nitrogens is 2. The van der Waals surface area contributed by atoms with Gasteiger partial charge >= 0.3 is 0 Å². The Kier molecular flexibility index (Phi) is 6.07. The molecule has 1 saturated heterocycles. The van der Waals surface area contributed by atoms with Gasteiger partial charge in [-0.3, -0.25) is 9.69 Å². The largest absolute Gasteiger partial charge is 0.395 e. The third-order valence-corrected chi connectivity index (χ3v) is 3.90. The molecular weight excluding hydrogens is 268 g/mol. The Morgan fingerprint density at radius 1 is 1.48 bits per heavy atom. The SMILES string of the molecule is Cc1cc(C(=O)NCCCCN2CCCC2CO)ncn1. The van der Waals surface area contributed by atoms with Crippen LogP contribution in [0.25, 0.3) is 0 Å². The van der Waals surface area contributed by atoms with Gasteiger partial charge in [0.2, 0.25) is 0 Å². The Hall–Kier alpha value is -1.53. The Labute approximate surface area is 125 Å². The van der Waals surface area contributed by atoms with Crippen LogP contribution in [0.3, 0.4) is 0 Å². The molecule has 2 N–H and O–H groups in total. The highest BCUT2D eigenvalue weighted by molar-refractivity contribution is 5.92. The summed E-state index contributed by atoms with van der Waals surface area (Å²) in [6.45, 7) is 4.82. The predicted octanol–water partition coefficient (Wildman–Crippen LogP) is 0.752. The Bertz CT molecular complexity index is 467. The summed E-state index contributed by atoms with van der Waals surface area (Å²) in [7, 11) is 0. The van der Waals surface area contributed by atoms with Crippen molar-refractivity contribution >= 4 is 5.91 Å². The number of rotatable bonds is 7. The average Bonchev–Trinajstić information content (AvgIpc) is 2.94. The van der Waals surface area contributed by atoms with E-state index in [-0.39, 0.29) is 12.5 Å². The van der Waals surface area contributed by atoms with Gasteiger partial charge in [-0.2, -0.15) is 0 Å². The maximum atomic E-state index is 11.9. The second-order valence-corrected chi connectivity index (χ2v) is 5.52. The first-order valence-electron chi connectivity index (χ1n) is 7.62. The molecule has 2 rings (SSSR count). The molecule has 116 valence electrons. The summed E-state index contributed by atoms with van der Waals surface area (Å²) in [5.41, 5.74) is 1.21. The van der Waals surface area contributed by atoms with Gasteiger partial charge < -0.3 is 10.4 Å². The van der Waals surface area contributed by atoms with Crippen molar-refractivity contribution in [2.45, 2.75) is 38.6 Å². The molecular formula is C15H24N4O2. The molecule has 1 unspecified atom stereocenters. The van der Waals surface area contributed by atoms with Crippen molar-refractivity contribution in [2.75, 3.05) is 26.2 Å². The van der Waals surface area contributed by atoms with Gasteiger partial charge in [0, 0.05) is 18.3 Å². The summed E-state index contributed by atoms with van der Waals surface area (Å²) >= 11 is 0. The second kappa shape index (κ2) is 8.05. The lowest BCUT2D eigenvalue weighted by molar-refractivity contribution is 0.0947. The number of carbonyl (C=O) groups is 1. The molecule has 1 atom stereocenters. The number of unbranched alkanes of at least 4 members (excludes halogenated alkanes) is 1. The van der Waals surface area contributed by atoms with E-state index in [0.29, 0.717) is 18.3 Å². The van der Waals surface area contributed by atoms with Crippen molar-refractivity contribution in [1.29, 1.82) is 0 Å². The zero-order chi connectivity index (χ0) is 15.1. The quantitative estimate of drug-likeness (QED) is 0.725. The number of hydrogen-bond acceptors (Lipinski definition) is 5. The topological polar surface area (TPSA) is 78.4 Å².